The minimum absolute atomic E-state index is 0.153. The summed E-state index contributed by atoms with van der Waals surface area (Å²) in [5.41, 5.74) is 7.35. The van der Waals surface area contributed by atoms with Crippen LogP contribution >= 0.6 is 0 Å². The number of aromatic nitrogens is 2. The number of carbonyl (C=O) groups excluding carboxylic acids is 1. The van der Waals surface area contributed by atoms with E-state index in [0.29, 0.717) is 53.4 Å². The van der Waals surface area contributed by atoms with Gasteiger partial charge in [0.15, 0.2) is 0 Å². The van der Waals surface area contributed by atoms with Crippen LogP contribution in [0.3, 0.4) is 0 Å². The van der Waals surface area contributed by atoms with Crippen LogP contribution in [0, 0.1) is 18.8 Å². The summed E-state index contributed by atoms with van der Waals surface area (Å²) in [6.45, 7) is 8.54. The highest BCUT2D eigenvalue weighted by Gasteiger charge is 2.47. The molecule has 190 valence electrons. The van der Waals surface area contributed by atoms with Gasteiger partial charge >= 0.3 is 6.18 Å². The molecule has 2 aromatic heterocycles. The van der Waals surface area contributed by atoms with Crippen LogP contribution in [0.4, 0.5) is 19.0 Å². The van der Waals surface area contributed by atoms with Crippen molar-refractivity contribution >= 4 is 23.6 Å². The number of halogens is 3. The maximum atomic E-state index is 13.8. The number of piperidine rings is 1. The van der Waals surface area contributed by atoms with Crippen molar-refractivity contribution in [2.24, 2.45) is 22.6 Å². The highest BCUT2D eigenvalue weighted by Crippen LogP contribution is 2.47. The molecule has 2 aliphatic rings. The van der Waals surface area contributed by atoms with Gasteiger partial charge in [-0.15, -0.1) is 0 Å². The third-order valence-corrected chi connectivity index (χ3v) is 6.50. The number of aryl methyl sites for hydroxylation is 1. The van der Waals surface area contributed by atoms with Gasteiger partial charge in [-0.05, 0) is 68.9 Å². The summed E-state index contributed by atoms with van der Waals surface area (Å²) in [5, 5.41) is 3.10. The Labute approximate surface area is 208 Å². The number of aliphatic imine (C=N–C) groups is 1. The van der Waals surface area contributed by atoms with E-state index in [2.05, 4.69) is 26.9 Å². The van der Waals surface area contributed by atoms with Crippen molar-refractivity contribution in [1.82, 2.24) is 14.9 Å². The van der Waals surface area contributed by atoms with Crippen LogP contribution in [0.2, 0.25) is 0 Å². The molecule has 0 aromatic carbocycles. The van der Waals surface area contributed by atoms with Gasteiger partial charge in [0.25, 0.3) is 5.91 Å². The van der Waals surface area contributed by atoms with Crippen LogP contribution in [0.5, 0.6) is 0 Å². The van der Waals surface area contributed by atoms with Crippen LogP contribution in [-0.4, -0.2) is 46.1 Å². The van der Waals surface area contributed by atoms with Crippen LogP contribution in [0.25, 0.3) is 5.70 Å². The highest BCUT2D eigenvalue weighted by molar-refractivity contribution is 5.98. The van der Waals surface area contributed by atoms with E-state index in [1.54, 1.807) is 25.1 Å². The summed E-state index contributed by atoms with van der Waals surface area (Å²) in [5.74, 6) is 1.13. The van der Waals surface area contributed by atoms with Crippen molar-refractivity contribution in [2.45, 2.75) is 38.9 Å². The highest BCUT2D eigenvalue weighted by atomic mass is 19.4. The standard InChI is InChI=1S/C26H29F3N6O/c1-15(30)8-9-31-17(3)22-6-4-16(2)34-24(22)25(36)35-14-19-10-18(19)11-21(35)13-33-23-7-5-20(12-32-23)26(27,28)29/h4-9,12,18-19,21H,3,10-11,13-14,30H2,1-2H3,(H,32,33)/b15-8-,31-9?/t18-,19+,21?/m1/s1. The third-order valence-electron chi connectivity index (χ3n) is 6.50. The summed E-state index contributed by atoms with van der Waals surface area (Å²) in [7, 11) is 0. The summed E-state index contributed by atoms with van der Waals surface area (Å²) < 4.78 is 38.5. The number of pyridine rings is 2. The molecule has 1 amide bonds. The first-order valence-electron chi connectivity index (χ1n) is 11.7. The average Bonchev–Trinajstić information content (AvgIpc) is 3.59. The molecule has 2 fully saturated rings. The van der Waals surface area contributed by atoms with Gasteiger partial charge in [-0.2, -0.15) is 13.2 Å². The Morgan fingerprint density at radius 2 is 2.06 bits per heavy atom. The Balaban J connectivity index is 1.53. The molecular weight excluding hydrogens is 469 g/mol. The molecule has 1 aliphatic heterocycles. The molecule has 0 bridgehead atoms. The topological polar surface area (TPSA) is 96.5 Å². The zero-order valence-corrected chi connectivity index (χ0v) is 20.2. The second kappa shape index (κ2) is 10.1. The van der Waals surface area contributed by atoms with Crippen molar-refractivity contribution in [1.29, 1.82) is 0 Å². The lowest BCUT2D eigenvalue weighted by atomic mass is 10.00. The largest absolute Gasteiger partial charge is 0.417 e. The molecule has 0 spiro atoms. The van der Waals surface area contributed by atoms with Crippen LogP contribution in [-0.2, 0) is 6.18 Å². The Kier molecular flexibility index (Phi) is 7.14. The molecule has 3 heterocycles. The first-order valence-corrected chi connectivity index (χ1v) is 11.7. The smallest absolute Gasteiger partial charge is 0.402 e. The molecule has 10 heteroatoms. The first kappa shape index (κ1) is 25.4. The second-order valence-corrected chi connectivity index (χ2v) is 9.40. The van der Waals surface area contributed by atoms with E-state index in [0.717, 1.165) is 25.1 Å². The van der Waals surface area contributed by atoms with Crippen molar-refractivity contribution in [3.05, 3.63) is 71.3 Å². The van der Waals surface area contributed by atoms with Crippen LogP contribution in [0.1, 0.15) is 47.1 Å². The zero-order chi connectivity index (χ0) is 26.0. The number of anilines is 1. The summed E-state index contributed by atoms with van der Waals surface area (Å²) >= 11 is 0. The summed E-state index contributed by atoms with van der Waals surface area (Å²) in [4.78, 5) is 28.3. The second-order valence-electron chi connectivity index (χ2n) is 9.40. The fourth-order valence-electron chi connectivity index (χ4n) is 4.43. The SMILES string of the molecule is C=C(N=C/C=C(/C)N)c1ccc(C)nc1C(=O)N1C[C@@H]2C[C@@H]2CC1CNc1ccc(C(F)(F)F)cn1. The first-order chi connectivity index (χ1) is 17.0. The number of rotatable bonds is 7. The molecule has 1 saturated heterocycles. The number of hydrogen-bond donors (Lipinski definition) is 2. The Bertz CT molecular complexity index is 1200. The number of hydrogen-bond acceptors (Lipinski definition) is 6. The number of carbonyl (C=O) groups is 1. The molecule has 1 saturated carbocycles. The summed E-state index contributed by atoms with van der Waals surface area (Å²) in [6, 6.07) is 5.74. The van der Waals surface area contributed by atoms with Gasteiger partial charge < -0.3 is 16.0 Å². The molecular formula is C26H29F3N6O. The number of alkyl halides is 3. The van der Waals surface area contributed by atoms with Crippen molar-refractivity contribution in [3.63, 3.8) is 0 Å². The number of amides is 1. The molecule has 3 N–H and O–H groups in total. The van der Waals surface area contributed by atoms with E-state index in [4.69, 9.17) is 5.73 Å². The van der Waals surface area contributed by atoms with Crippen molar-refractivity contribution in [3.8, 4) is 0 Å². The summed E-state index contributed by atoms with van der Waals surface area (Å²) in [6.07, 6.45) is 1.42. The van der Waals surface area contributed by atoms with Crippen LogP contribution < -0.4 is 11.1 Å². The lowest BCUT2D eigenvalue weighted by molar-refractivity contribution is -0.137. The number of fused-ring (bicyclic) bond motifs is 1. The molecule has 3 atom stereocenters. The van der Waals surface area contributed by atoms with E-state index in [-0.39, 0.29) is 17.6 Å². The number of likely N-dealkylation sites (tertiary alicyclic amines) is 1. The fraction of sp³-hybridized carbons (Fsp3) is 0.385. The number of nitrogens with two attached hydrogens (primary N) is 1. The van der Waals surface area contributed by atoms with Crippen molar-refractivity contribution in [2.75, 3.05) is 18.4 Å². The monoisotopic (exact) mass is 498 g/mol. The molecule has 0 radical (unpaired) electrons. The normalized spacial score (nSPS) is 21.9. The molecule has 1 unspecified atom stereocenters. The number of allylic oxidation sites excluding steroid dienone is 2. The molecule has 7 nitrogen and oxygen atoms in total. The fourth-order valence-corrected chi connectivity index (χ4v) is 4.43. The molecule has 1 aliphatic carbocycles. The quantitative estimate of drug-likeness (QED) is 0.541. The van der Waals surface area contributed by atoms with Gasteiger partial charge in [0.2, 0.25) is 0 Å². The van der Waals surface area contributed by atoms with Crippen molar-refractivity contribution < 1.29 is 18.0 Å². The Hall–Kier alpha value is -3.69. The Morgan fingerprint density at radius 3 is 2.72 bits per heavy atom. The van der Waals surface area contributed by atoms with Crippen LogP contribution in [0.15, 0.2) is 53.8 Å². The van der Waals surface area contributed by atoms with E-state index >= 15 is 0 Å². The van der Waals surface area contributed by atoms with Gasteiger partial charge in [0.1, 0.15) is 11.5 Å². The molecule has 36 heavy (non-hydrogen) atoms. The van der Waals surface area contributed by atoms with E-state index < -0.39 is 11.7 Å². The van der Waals surface area contributed by atoms with Gasteiger partial charge in [0.05, 0.1) is 11.3 Å². The number of nitrogens with zero attached hydrogens (tertiary/aromatic N) is 4. The minimum Gasteiger partial charge on any atom is -0.402 e. The third kappa shape index (κ3) is 5.92. The van der Waals surface area contributed by atoms with E-state index in [9.17, 15) is 18.0 Å². The zero-order valence-electron chi connectivity index (χ0n) is 20.2. The van der Waals surface area contributed by atoms with Gasteiger partial charge in [-0.25, -0.2) is 9.97 Å². The maximum absolute atomic E-state index is 13.8. The Morgan fingerprint density at radius 1 is 1.28 bits per heavy atom. The average molecular weight is 499 g/mol. The minimum atomic E-state index is -4.44. The maximum Gasteiger partial charge on any atom is 0.417 e. The van der Waals surface area contributed by atoms with E-state index in [1.165, 1.54) is 12.3 Å². The van der Waals surface area contributed by atoms with Gasteiger partial charge in [0, 0.05) is 48.5 Å². The van der Waals surface area contributed by atoms with Gasteiger partial charge in [-0.3, -0.25) is 9.79 Å². The van der Waals surface area contributed by atoms with E-state index in [1.807, 2.05) is 11.8 Å². The molecule has 4 rings (SSSR count). The number of nitrogens with one attached hydrogen (secondary N) is 1. The predicted molar refractivity (Wildman–Crippen MR) is 133 cm³/mol. The lowest BCUT2D eigenvalue weighted by Crippen LogP contribution is -2.48. The molecule has 2 aromatic rings. The van der Waals surface area contributed by atoms with Gasteiger partial charge in [-0.1, -0.05) is 6.58 Å². The lowest BCUT2D eigenvalue weighted by Gasteiger charge is -2.36. The predicted octanol–water partition coefficient (Wildman–Crippen LogP) is 4.67.